The molecule has 1 rings (SSSR count). The molecule has 9 heteroatoms. The zero-order valence-corrected chi connectivity index (χ0v) is 11.1. The van der Waals surface area contributed by atoms with Gasteiger partial charge < -0.3 is 5.11 Å². The Morgan fingerprint density at radius 2 is 1.88 bits per heavy atom. The fourth-order valence-corrected chi connectivity index (χ4v) is 2.62. The molecule has 0 aliphatic rings. The average Bonchev–Trinajstić information content (AvgIpc) is 2.06. The minimum atomic E-state index is -4.78. The third-order valence-corrected chi connectivity index (χ3v) is 3.23. The summed E-state index contributed by atoms with van der Waals surface area (Å²) in [6.45, 7) is 0. The highest BCUT2D eigenvalue weighted by Crippen LogP contribution is 2.40. The van der Waals surface area contributed by atoms with Crippen LogP contribution in [0.3, 0.4) is 0 Å². The molecule has 1 aromatic carbocycles. The number of halogens is 5. The first-order chi connectivity index (χ1) is 7.50. The SMILES string of the molecule is O=S(=O)(Cl)Cc1cc(Br)cc(C(F)(F)F)c1O. The molecule has 0 bridgehead atoms. The normalized spacial score (nSPS) is 12.8. The van der Waals surface area contributed by atoms with Gasteiger partial charge >= 0.3 is 6.18 Å². The van der Waals surface area contributed by atoms with E-state index in [2.05, 4.69) is 15.9 Å². The van der Waals surface area contributed by atoms with E-state index >= 15 is 0 Å². The van der Waals surface area contributed by atoms with E-state index in [1.807, 2.05) is 0 Å². The summed E-state index contributed by atoms with van der Waals surface area (Å²) in [7, 11) is 0.869. The van der Waals surface area contributed by atoms with Gasteiger partial charge in [-0.2, -0.15) is 13.2 Å². The minimum absolute atomic E-state index is 0.00191. The zero-order valence-electron chi connectivity index (χ0n) is 7.92. The molecule has 1 aromatic rings. The topological polar surface area (TPSA) is 54.4 Å². The highest BCUT2D eigenvalue weighted by Gasteiger charge is 2.35. The summed E-state index contributed by atoms with van der Waals surface area (Å²) in [6, 6.07) is 1.71. The lowest BCUT2D eigenvalue weighted by Crippen LogP contribution is -2.07. The van der Waals surface area contributed by atoms with Gasteiger partial charge in [-0.25, -0.2) is 8.42 Å². The molecule has 0 atom stereocenters. The molecule has 0 unspecified atom stereocenters. The lowest BCUT2D eigenvalue weighted by molar-refractivity contribution is -0.138. The van der Waals surface area contributed by atoms with E-state index in [0.29, 0.717) is 6.07 Å². The van der Waals surface area contributed by atoms with E-state index in [9.17, 15) is 26.7 Å². The number of hydrogen-bond acceptors (Lipinski definition) is 3. The average molecular weight is 354 g/mol. The predicted molar refractivity (Wildman–Crippen MR) is 59.3 cm³/mol. The maximum Gasteiger partial charge on any atom is 0.420 e. The molecule has 0 fully saturated rings. The van der Waals surface area contributed by atoms with Crippen molar-refractivity contribution in [3.8, 4) is 5.75 Å². The Labute approximate surface area is 108 Å². The number of benzene rings is 1. The van der Waals surface area contributed by atoms with Gasteiger partial charge in [0.25, 0.3) is 0 Å². The number of phenols is 1. The number of rotatable bonds is 2. The van der Waals surface area contributed by atoms with Crippen LogP contribution in [-0.2, 0) is 21.0 Å². The Bertz CT molecular complexity index is 542. The number of aromatic hydroxyl groups is 1. The van der Waals surface area contributed by atoms with Crippen molar-refractivity contribution in [3.63, 3.8) is 0 Å². The zero-order chi connectivity index (χ0) is 13.4. The maximum atomic E-state index is 12.5. The minimum Gasteiger partial charge on any atom is -0.507 e. The highest BCUT2D eigenvalue weighted by atomic mass is 79.9. The van der Waals surface area contributed by atoms with Crippen LogP contribution in [0.4, 0.5) is 13.2 Å². The van der Waals surface area contributed by atoms with Crippen molar-refractivity contribution in [2.75, 3.05) is 0 Å². The van der Waals surface area contributed by atoms with Crippen LogP contribution in [-0.4, -0.2) is 13.5 Å². The number of phenolic OH excluding ortho intramolecular Hbond substituents is 1. The smallest absolute Gasteiger partial charge is 0.420 e. The van der Waals surface area contributed by atoms with E-state index in [4.69, 9.17) is 10.7 Å². The fourth-order valence-electron chi connectivity index (χ4n) is 1.17. The summed E-state index contributed by atoms with van der Waals surface area (Å²) >= 11 is 2.80. The van der Waals surface area contributed by atoms with E-state index in [-0.39, 0.29) is 4.47 Å². The van der Waals surface area contributed by atoms with Crippen molar-refractivity contribution >= 4 is 35.7 Å². The number of hydrogen-bond donors (Lipinski definition) is 1. The summed E-state index contributed by atoms with van der Waals surface area (Å²) in [6.07, 6.45) is -4.78. The van der Waals surface area contributed by atoms with E-state index in [0.717, 1.165) is 6.07 Å². The molecule has 0 saturated heterocycles. The van der Waals surface area contributed by atoms with Crippen molar-refractivity contribution in [3.05, 3.63) is 27.7 Å². The molecule has 0 heterocycles. The van der Waals surface area contributed by atoms with Crippen molar-refractivity contribution in [1.82, 2.24) is 0 Å². The monoisotopic (exact) mass is 352 g/mol. The molecular formula is C8H5BrClF3O3S. The first kappa shape index (κ1) is 14.6. The van der Waals surface area contributed by atoms with Gasteiger partial charge in [0.2, 0.25) is 9.05 Å². The van der Waals surface area contributed by atoms with Crippen LogP contribution >= 0.6 is 26.6 Å². The van der Waals surface area contributed by atoms with Gasteiger partial charge in [-0.15, -0.1) is 0 Å². The van der Waals surface area contributed by atoms with Crippen LogP contribution in [0.25, 0.3) is 0 Å². The van der Waals surface area contributed by atoms with Gasteiger partial charge in [0.15, 0.2) is 0 Å². The largest absolute Gasteiger partial charge is 0.507 e. The number of alkyl halides is 3. The molecule has 96 valence electrons. The van der Waals surface area contributed by atoms with Gasteiger partial charge in [-0.1, -0.05) is 15.9 Å². The fraction of sp³-hybridized carbons (Fsp3) is 0.250. The maximum absolute atomic E-state index is 12.5. The molecule has 0 amide bonds. The van der Waals surface area contributed by atoms with Gasteiger partial charge in [-0.3, -0.25) is 0 Å². The molecule has 0 saturated carbocycles. The summed E-state index contributed by atoms with van der Waals surface area (Å²) < 4.78 is 59.0. The van der Waals surface area contributed by atoms with Crippen LogP contribution in [0.2, 0.25) is 0 Å². The second-order valence-electron chi connectivity index (χ2n) is 3.14. The highest BCUT2D eigenvalue weighted by molar-refractivity contribution is 9.10. The molecule has 0 radical (unpaired) electrons. The third kappa shape index (κ3) is 4.04. The van der Waals surface area contributed by atoms with E-state index in [1.54, 1.807) is 0 Å². The molecule has 0 aromatic heterocycles. The first-order valence-electron chi connectivity index (χ1n) is 4.01. The van der Waals surface area contributed by atoms with Crippen LogP contribution in [0, 0.1) is 0 Å². The van der Waals surface area contributed by atoms with Crippen LogP contribution in [0.15, 0.2) is 16.6 Å². The van der Waals surface area contributed by atoms with Crippen molar-refractivity contribution in [2.45, 2.75) is 11.9 Å². The third-order valence-electron chi connectivity index (χ3n) is 1.79. The van der Waals surface area contributed by atoms with Gasteiger partial charge in [0.1, 0.15) is 5.75 Å². The van der Waals surface area contributed by atoms with Crippen molar-refractivity contribution in [1.29, 1.82) is 0 Å². The van der Waals surface area contributed by atoms with Crippen molar-refractivity contribution < 1.29 is 26.7 Å². The van der Waals surface area contributed by atoms with Crippen LogP contribution < -0.4 is 0 Å². The molecule has 17 heavy (non-hydrogen) atoms. The Kier molecular flexibility index (Phi) is 4.00. The first-order valence-corrected chi connectivity index (χ1v) is 7.29. The lowest BCUT2D eigenvalue weighted by Gasteiger charge is -2.12. The molecule has 0 spiro atoms. The van der Waals surface area contributed by atoms with Gasteiger partial charge in [-0.05, 0) is 12.1 Å². The molecule has 0 aliphatic carbocycles. The second-order valence-corrected chi connectivity index (χ2v) is 6.83. The Hall–Kier alpha value is -0.470. The second kappa shape index (κ2) is 4.66. The Morgan fingerprint density at radius 3 is 2.29 bits per heavy atom. The van der Waals surface area contributed by atoms with E-state index < -0.39 is 37.9 Å². The summed E-state index contributed by atoms with van der Waals surface area (Å²) in [4.78, 5) is 0. The van der Waals surface area contributed by atoms with Crippen LogP contribution in [0.5, 0.6) is 5.75 Å². The molecule has 1 N–H and O–H groups in total. The summed E-state index contributed by atoms with van der Waals surface area (Å²) in [5.41, 5.74) is -1.73. The molecule has 0 aliphatic heterocycles. The Balaban J connectivity index is 3.39. The predicted octanol–water partition coefficient (Wildman–Crippen LogP) is 3.24. The standard InChI is InChI=1S/C8H5BrClF3O3S/c9-5-1-4(3-17(10,15)16)7(14)6(2-5)8(11,12)13/h1-2,14H,3H2. The quantitative estimate of drug-likeness (QED) is 0.831. The Morgan fingerprint density at radius 1 is 1.35 bits per heavy atom. The molecule has 3 nitrogen and oxygen atoms in total. The van der Waals surface area contributed by atoms with Gasteiger partial charge in [0.05, 0.1) is 11.3 Å². The summed E-state index contributed by atoms with van der Waals surface area (Å²) in [5.74, 6) is -2.02. The van der Waals surface area contributed by atoms with Gasteiger partial charge in [0, 0.05) is 20.7 Å². The molecular weight excluding hydrogens is 349 g/mol. The van der Waals surface area contributed by atoms with E-state index in [1.165, 1.54) is 0 Å². The lowest BCUT2D eigenvalue weighted by atomic mass is 10.1. The summed E-state index contributed by atoms with van der Waals surface area (Å²) in [5, 5.41) is 9.35. The van der Waals surface area contributed by atoms with Crippen LogP contribution in [0.1, 0.15) is 11.1 Å². The van der Waals surface area contributed by atoms with Crippen molar-refractivity contribution in [2.24, 2.45) is 0 Å².